The van der Waals surface area contributed by atoms with E-state index < -0.39 is 11.7 Å². The summed E-state index contributed by atoms with van der Waals surface area (Å²) in [4.78, 5) is 25.3. The molecule has 3 aromatic rings. The van der Waals surface area contributed by atoms with Gasteiger partial charge in [0.15, 0.2) is 0 Å². The summed E-state index contributed by atoms with van der Waals surface area (Å²) in [6.45, 7) is 0. The Morgan fingerprint density at radius 1 is 1.00 bits per heavy atom. The number of halogens is 3. The van der Waals surface area contributed by atoms with Crippen LogP contribution in [-0.2, 0) is 0 Å². The fourth-order valence-corrected chi connectivity index (χ4v) is 3.88. The molecule has 3 rings (SSSR count). The van der Waals surface area contributed by atoms with Crippen molar-refractivity contribution < 1.29 is 18.4 Å². The molecular weight excluding hydrogens is 426 g/mol. The highest BCUT2D eigenvalue weighted by Gasteiger charge is 2.16. The van der Waals surface area contributed by atoms with Crippen LogP contribution in [0, 0.1) is 0 Å². The van der Waals surface area contributed by atoms with Gasteiger partial charge in [0.05, 0.1) is 20.5 Å². The number of thioether (sulfide) groups is 1. The van der Waals surface area contributed by atoms with E-state index >= 15 is 0 Å². The Morgan fingerprint density at radius 2 is 1.79 bits per heavy atom. The minimum Gasteiger partial charge on any atom is -0.321 e. The summed E-state index contributed by atoms with van der Waals surface area (Å²) in [6.07, 6.45) is 0. The lowest BCUT2D eigenvalue weighted by Crippen LogP contribution is -2.14. The molecule has 0 fully saturated rings. The molecule has 0 aliphatic rings. The smallest absolute Gasteiger partial charge is 0.289 e. The van der Waals surface area contributed by atoms with Crippen molar-refractivity contribution in [3.05, 3.63) is 75.4 Å². The highest BCUT2D eigenvalue weighted by Crippen LogP contribution is 2.37. The van der Waals surface area contributed by atoms with Gasteiger partial charge in [0.2, 0.25) is 0 Å². The van der Waals surface area contributed by atoms with E-state index in [2.05, 4.69) is 10.6 Å². The van der Waals surface area contributed by atoms with Crippen molar-refractivity contribution in [2.24, 2.45) is 0 Å². The maximum absolute atomic E-state index is 12.8. The molecule has 0 unspecified atom stereocenters. The zero-order valence-corrected chi connectivity index (χ0v) is 16.5. The molecule has 0 spiro atoms. The number of carbonyl (C=O) groups excluding carboxylic acids is 2. The minimum atomic E-state index is -2.67. The molecule has 144 valence electrons. The summed E-state index contributed by atoms with van der Waals surface area (Å²) in [5.41, 5.74) is 0.895. The number of thiophene rings is 1. The van der Waals surface area contributed by atoms with Crippen LogP contribution in [0.15, 0.2) is 64.9 Å². The number of hydrogen-bond acceptors (Lipinski definition) is 4. The molecule has 2 N–H and O–H groups in total. The van der Waals surface area contributed by atoms with Crippen molar-refractivity contribution in [1.29, 1.82) is 0 Å². The van der Waals surface area contributed by atoms with Crippen molar-refractivity contribution in [3.8, 4) is 0 Å². The average molecular weight is 439 g/mol. The van der Waals surface area contributed by atoms with Crippen LogP contribution >= 0.6 is 34.7 Å². The topological polar surface area (TPSA) is 58.2 Å². The van der Waals surface area contributed by atoms with Crippen LogP contribution in [0.25, 0.3) is 0 Å². The van der Waals surface area contributed by atoms with Crippen LogP contribution in [0.2, 0.25) is 5.02 Å². The normalized spacial score (nSPS) is 10.7. The molecule has 2 aromatic carbocycles. The second kappa shape index (κ2) is 9.18. The summed E-state index contributed by atoms with van der Waals surface area (Å²) in [5, 5.41) is 7.23. The van der Waals surface area contributed by atoms with E-state index in [0.29, 0.717) is 10.6 Å². The van der Waals surface area contributed by atoms with Gasteiger partial charge in [-0.2, -0.15) is 8.78 Å². The van der Waals surface area contributed by atoms with E-state index in [1.807, 2.05) is 0 Å². The van der Waals surface area contributed by atoms with Crippen molar-refractivity contribution in [2.75, 3.05) is 10.6 Å². The number of hydrogen-bond donors (Lipinski definition) is 2. The van der Waals surface area contributed by atoms with E-state index in [1.165, 1.54) is 29.5 Å². The zero-order chi connectivity index (χ0) is 20.1. The molecule has 2 amide bonds. The van der Waals surface area contributed by atoms with Crippen LogP contribution in [0.4, 0.5) is 20.2 Å². The average Bonchev–Trinajstić information content (AvgIpc) is 3.19. The summed E-state index contributed by atoms with van der Waals surface area (Å²) in [7, 11) is 0. The van der Waals surface area contributed by atoms with Gasteiger partial charge >= 0.3 is 0 Å². The Morgan fingerprint density at radius 3 is 2.50 bits per heavy atom. The first kappa shape index (κ1) is 20.3. The lowest BCUT2D eigenvalue weighted by Gasteiger charge is -2.12. The maximum atomic E-state index is 12.8. The van der Waals surface area contributed by atoms with Gasteiger partial charge in [-0.05, 0) is 41.8 Å². The number of nitrogens with one attached hydrogen (secondary N) is 2. The Hall–Kier alpha value is -2.42. The highest BCUT2D eigenvalue weighted by molar-refractivity contribution is 7.99. The predicted molar refractivity (Wildman–Crippen MR) is 110 cm³/mol. The standard InChI is InChI=1S/C19H13ClF2N2O2S2/c20-13-6-2-7-14(16(13)28-19(21)22)24-17(25)11-4-1-5-12(10-11)23-18(26)15-8-3-9-27-15/h1-10,19H,(H,23,26)(H,24,25). The van der Waals surface area contributed by atoms with Crippen LogP contribution < -0.4 is 10.6 Å². The van der Waals surface area contributed by atoms with Gasteiger partial charge in [0.25, 0.3) is 17.6 Å². The Balaban J connectivity index is 1.77. The third-order valence-electron chi connectivity index (χ3n) is 3.55. The van der Waals surface area contributed by atoms with Gasteiger partial charge in [0.1, 0.15) is 0 Å². The summed E-state index contributed by atoms with van der Waals surface area (Å²) in [5.74, 6) is -3.46. The number of amides is 2. The molecule has 0 bridgehead atoms. The van der Waals surface area contributed by atoms with Crippen LogP contribution in [0.5, 0.6) is 0 Å². The monoisotopic (exact) mass is 438 g/mol. The molecule has 28 heavy (non-hydrogen) atoms. The first-order valence-electron chi connectivity index (χ1n) is 7.93. The molecular formula is C19H13ClF2N2O2S2. The Kier molecular flexibility index (Phi) is 6.66. The fraction of sp³-hybridized carbons (Fsp3) is 0.0526. The molecule has 0 radical (unpaired) electrons. The number of rotatable bonds is 6. The summed E-state index contributed by atoms with van der Waals surface area (Å²) in [6, 6.07) is 14.3. The van der Waals surface area contributed by atoms with Crippen molar-refractivity contribution in [1.82, 2.24) is 0 Å². The van der Waals surface area contributed by atoms with Crippen LogP contribution in [0.1, 0.15) is 20.0 Å². The minimum absolute atomic E-state index is 0.0923. The summed E-state index contributed by atoms with van der Waals surface area (Å²) >= 11 is 7.55. The van der Waals surface area contributed by atoms with Crippen LogP contribution in [0.3, 0.4) is 0 Å². The highest BCUT2D eigenvalue weighted by atomic mass is 35.5. The van der Waals surface area contributed by atoms with Crippen molar-refractivity contribution in [3.63, 3.8) is 0 Å². The maximum Gasteiger partial charge on any atom is 0.289 e. The molecule has 0 aliphatic carbocycles. The fourth-order valence-electron chi connectivity index (χ4n) is 2.35. The first-order valence-corrected chi connectivity index (χ1v) is 10.1. The first-order chi connectivity index (χ1) is 13.4. The quantitative estimate of drug-likeness (QED) is 0.449. The van der Waals surface area contributed by atoms with E-state index in [4.69, 9.17) is 11.6 Å². The number of carbonyl (C=O) groups is 2. The Bertz CT molecular complexity index is 997. The van der Waals surface area contributed by atoms with Crippen molar-refractivity contribution in [2.45, 2.75) is 10.7 Å². The largest absolute Gasteiger partial charge is 0.321 e. The van der Waals surface area contributed by atoms with Gasteiger partial charge < -0.3 is 10.6 Å². The Labute approximate surface area is 172 Å². The summed E-state index contributed by atoms with van der Waals surface area (Å²) < 4.78 is 25.6. The third-order valence-corrected chi connectivity index (χ3v) is 5.70. The number of benzene rings is 2. The van der Waals surface area contributed by atoms with E-state index in [-0.39, 0.29) is 38.8 Å². The zero-order valence-electron chi connectivity index (χ0n) is 14.1. The second-order valence-electron chi connectivity index (χ2n) is 5.46. The third kappa shape index (κ3) is 5.09. The SMILES string of the molecule is O=C(Nc1cccc(Cl)c1SC(F)F)c1cccc(NC(=O)c2cccs2)c1. The van der Waals surface area contributed by atoms with Crippen molar-refractivity contribution >= 4 is 57.9 Å². The molecule has 0 saturated heterocycles. The number of alkyl halides is 2. The predicted octanol–water partition coefficient (Wildman–Crippen LogP) is 6.22. The molecule has 0 saturated carbocycles. The lowest BCUT2D eigenvalue weighted by molar-refractivity contribution is 0.101. The molecule has 0 atom stereocenters. The molecule has 0 aliphatic heterocycles. The number of anilines is 2. The van der Waals surface area contributed by atoms with E-state index in [1.54, 1.807) is 41.8 Å². The molecule has 1 aromatic heterocycles. The van der Waals surface area contributed by atoms with Crippen LogP contribution in [-0.4, -0.2) is 17.6 Å². The van der Waals surface area contributed by atoms with E-state index in [0.717, 1.165) is 0 Å². The van der Waals surface area contributed by atoms with Gasteiger partial charge in [-0.15, -0.1) is 11.3 Å². The van der Waals surface area contributed by atoms with Gasteiger partial charge in [0, 0.05) is 11.3 Å². The van der Waals surface area contributed by atoms with Gasteiger partial charge in [-0.3, -0.25) is 9.59 Å². The molecule has 4 nitrogen and oxygen atoms in total. The molecule has 9 heteroatoms. The van der Waals surface area contributed by atoms with E-state index in [9.17, 15) is 18.4 Å². The molecule has 1 heterocycles. The second-order valence-corrected chi connectivity index (χ2v) is 7.82. The van der Waals surface area contributed by atoms with Gasteiger partial charge in [-0.25, -0.2) is 0 Å². The van der Waals surface area contributed by atoms with Gasteiger partial charge in [-0.1, -0.05) is 41.6 Å². The lowest BCUT2D eigenvalue weighted by atomic mass is 10.1.